The Hall–Kier alpha value is -1.15. The zero-order valence-corrected chi connectivity index (χ0v) is 13.4. The molecule has 1 atom stereocenters. The molecule has 116 valence electrons. The van der Waals surface area contributed by atoms with Crippen molar-refractivity contribution in [1.29, 1.82) is 0 Å². The van der Waals surface area contributed by atoms with Gasteiger partial charge in [-0.05, 0) is 25.4 Å². The van der Waals surface area contributed by atoms with Crippen molar-refractivity contribution in [3.63, 3.8) is 0 Å². The molecule has 1 saturated heterocycles. The number of carbonyl (C=O) groups is 1. The summed E-state index contributed by atoms with van der Waals surface area (Å²) in [6.45, 7) is 5.20. The van der Waals surface area contributed by atoms with E-state index in [2.05, 4.69) is 14.7 Å². The van der Waals surface area contributed by atoms with Crippen molar-refractivity contribution in [1.82, 2.24) is 9.97 Å². The van der Waals surface area contributed by atoms with Crippen LogP contribution in [0, 0.1) is 0 Å². The predicted octanol–water partition coefficient (Wildman–Crippen LogP) is 2.12. The minimum atomic E-state index is -0.695. The molecular weight excluding hydrogens is 321 g/mol. The molecule has 2 heterocycles. The van der Waals surface area contributed by atoms with Gasteiger partial charge in [0.25, 0.3) is 0 Å². The number of esters is 1. The highest BCUT2D eigenvalue weighted by atomic mass is 35.5. The number of hydrogen-bond donors (Lipinski definition) is 0. The second kappa shape index (κ2) is 6.31. The molecule has 1 aromatic rings. The third-order valence-electron chi connectivity index (χ3n) is 2.87. The molecule has 0 radical (unpaired) electrons. The highest BCUT2D eigenvalue weighted by Crippen LogP contribution is 2.31. The topological polar surface area (TPSA) is 77.1 Å². The van der Waals surface area contributed by atoms with Gasteiger partial charge in [-0.15, -0.1) is 0 Å². The van der Waals surface area contributed by atoms with E-state index in [0.29, 0.717) is 19.8 Å². The standard InChI is InChI=1S/C12H15Cl2N3O4/c1-4-17(21-6-12(2)5-20-12)9-7(13)8(10(18)19-3)15-11(14)16-9/h4-6H2,1-3H3/t12-/m1/s1. The Balaban J connectivity index is 2.27. The monoisotopic (exact) mass is 335 g/mol. The molecule has 0 spiro atoms. The van der Waals surface area contributed by atoms with Crippen molar-refractivity contribution in [2.75, 3.05) is 31.9 Å². The molecule has 0 aliphatic carbocycles. The van der Waals surface area contributed by atoms with Crippen LogP contribution in [0.4, 0.5) is 5.82 Å². The summed E-state index contributed by atoms with van der Waals surface area (Å²) in [7, 11) is 1.23. The second-order valence-corrected chi connectivity index (χ2v) is 5.39. The van der Waals surface area contributed by atoms with Gasteiger partial charge in [0.15, 0.2) is 11.5 Å². The van der Waals surface area contributed by atoms with Crippen LogP contribution < -0.4 is 5.06 Å². The Kier molecular flexibility index (Phi) is 4.88. The smallest absolute Gasteiger partial charge is 0.358 e. The van der Waals surface area contributed by atoms with Gasteiger partial charge in [0.1, 0.15) is 17.2 Å². The van der Waals surface area contributed by atoms with Crippen LogP contribution in [-0.4, -0.2) is 48.4 Å². The molecule has 0 amide bonds. The highest BCUT2D eigenvalue weighted by molar-refractivity contribution is 6.36. The average Bonchev–Trinajstić information content (AvgIpc) is 3.19. The molecule has 0 N–H and O–H groups in total. The average molecular weight is 336 g/mol. The Morgan fingerprint density at radius 1 is 1.48 bits per heavy atom. The Morgan fingerprint density at radius 2 is 2.14 bits per heavy atom. The van der Waals surface area contributed by atoms with E-state index >= 15 is 0 Å². The van der Waals surface area contributed by atoms with E-state index in [1.54, 1.807) is 0 Å². The van der Waals surface area contributed by atoms with Gasteiger partial charge in [0.05, 0.1) is 13.7 Å². The van der Waals surface area contributed by atoms with Gasteiger partial charge in [-0.1, -0.05) is 11.6 Å². The predicted molar refractivity (Wildman–Crippen MR) is 76.7 cm³/mol. The van der Waals surface area contributed by atoms with Gasteiger partial charge in [0.2, 0.25) is 5.28 Å². The highest BCUT2D eigenvalue weighted by Gasteiger charge is 2.40. The lowest BCUT2D eigenvalue weighted by atomic mass is 10.2. The lowest BCUT2D eigenvalue weighted by molar-refractivity contribution is 0.0590. The van der Waals surface area contributed by atoms with Gasteiger partial charge in [-0.25, -0.2) is 14.8 Å². The summed E-state index contributed by atoms with van der Waals surface area (Å²) in [5, 5.41) is 1.34. The Morgan fingerprint density at radius 3 is 2.67 bits per heavy atom. The van der Waals surface area contributed by atoms with Crippen molar-refractivity contribution >= 4 is 35.0 Å². The van der Waals surface area contributed by atoms with Gasteiger partial charge in [-0.3, -0.25) is 4.84 Å². The van der Waals surface area contributed by atoms with Gasteiger partial charge >= 0.3 is 5.97 Å². The number of ether oxygens (including phenoxy) is 2. The van der Waals surface area contributed by atoms with Crippen molar-refractivity contribution in [3.05, 3.63) is 16.0 Å². The maximum absolute atomic E-state index is 11.6. The largest absolute Gasteiger partial charge is 0.464 e. The molecule has 0 bridgehead atoms. The number of aromatic nitrogens is 2. The summed E-state index contributed by atoms with van der Waals surface area (Å²) < 4.78 is 9.86. The molecule has 2 rings (SSSR count). The lowest BCUT2D eigenvalue weighted by Gasteiger charge is -2.23. The molecule has 9 heteroatoms. The number of anilines is 1. The summed E-state index contributed by atoms with van der Waals surface area (Å²) in [5.41, 5.74) is -0.396. The van der Waals surface area contributed by atoms with Crippen molar-refractivity contribution in [2.45, 2.75) is 19.4 Å². The first-order valence-corrected chi connectivity index (χ1v) is 7.01. The summed E-state index contributed by atoms with van der Waals surface area (Å²) in [4.78, 5) is 25.1. The van der Waals surface area contributed by atoms with E-state index in [0.717, 1.165) is 0 Å². The first-order chi connectivity index (χ1) is 9.90. The van der Waals surface area contributed by atoms with Crippen LogP contribution in [0.3, 0.4) is 0 Å². The van der Waals surface area contributed by atoms with E-state index in [1.807, 2.05) is 13.8 Å². The third kappa shape index (κ3) is 3.74. The molecule has 1 aliphatic rings. The summed E-state index contributed by atoms with van der Waals surface area (Å²) in [5.74, 6) is -0.483. The number of carbonyl (C=O) groups excluding carboxylic acids is 1. The second-order valence-electron chi connectivity index (χ2n) is 4.68. The van der Waals surface area contributed by atoms with Gasteiger partial charge < -0.3 is 9.47 Å². The van der Waals surface area contributed by atoms with Gasteiger partial charge in [-0.2, -0.15) is 4.98 Å². The number of epoxide rings is 1. The molecule has 0 aromatic carbocycles. The molecule has 1 aromatic heterocycles. The van der Waals surface area contributed by atoms with E-state index < -0.39 is 5.97 Å². The third-order valence-corrected chi connectivity index (χ3v) is 3.39. The Labute approximate surface area is 132 Å². The molecule has 1 aliphatic heterocycles. The first kappa shape index (κ1) is 16.2. The Bertz CT molecular complexity index is 552. The maximum Gasteiger partial charge on any atom is 0.358 e. The van der Waals surface area contributed by atoms with Crippen LogP contribution >= 0.6 is 23.2 Å². The molecular formula is C12H15Cl2N3O4. The molecule has 0 unspecified atom stereocenters. The molecule has 0 saturated carbocycles. The molecule has 1 fully saturated rings. The molecule has 21 heavy (non-hydrogen) atoms. The minimum Gasteiger partial charge on any atom is -0.464 e. The van der Waals surface area contributed by atoms with Crippen molar-refractivity contribution in [2.24, 2.45) is 0 Å². The zero-order valence-electron chi connectivity index (χ0n) is 11.9. The number of rotatable bonds is 6. The SMILES string of the molecule is CCN(OC[C@@]1(C)CO1)c1nc(Cl)nc(C(=O)OC)c1Cl. The summed E-state index contributed by atoms with van der Waals surface area (Å²) >= 11 is 12.0. The van der Waals surface area contributed by atoms with Crippen LogP contribution in [0.1, 0.15) is 24.3 Å². The molecule has 7 nitrogen and oxygen atoms in total. The van der Waals surface area contributed by atoms with Crippen LogP contribution in [0.15, 0.2) is 0 Å². The van der Waals surface area contributed by atoms with E-state index in [4.69, 9.17) is 32.8 Å². The van der Waals surface area contributed by atoms with Crippen LogP contribution in [0.25, 0.3) is 0 Å². The van der Waals surface area contributed by atoms with Crippen LogP contribution in [-0.2, 0) is 14.3 Å². The van der Waals surface area contributed by atoms with E-state index in [9.17, 15) is 4.79 Å². The fourth-order valence-corrected chi connectivity index (χ4v) is 1.95. The minimum absolute atomic E-state index is 0.0231. The number of methoxy groups -OCH3 is 1. The van der Waals surface area contributed by atoms with E-state index in [-0.39, 0.29) is 27.4 Å². The fraction of sp³-hybridized carbons (Fsp3) is 0.583. The van der Waals surface area contributed by atoms with Crippen molar-refractivity contribution in [3.8, 4) is 0 Å². The maximum atomic E-state index is 11.6. The summed E-state index contributed by atoms with van der Waals surface area (Å²) in [6.07, 6.45) is 0. The van der Waals surface area contributed by atoms with Gasteiger partial charge in [0, 0.05) is 6.54 Å². The normalized spacial score (nSPS) is 20.2. The number of halogens is 2. The zero-order chi connectivity index (χ0) is 15.6. The fourth-order valence-electron chi connectivity index (χ4n) is 1.53. The number of nitrogens with zero attached hydrogens (tertiary/aromatic N) is 3. The van der Waals surface area contributed by atoms with Crippen LogP contribution in [0.5, 0.6) is 0 Å². The van der Waals surface area contributed by atoms with Crippen LogP contribution in [0.2, 0.25) is 10.3 Å². The first-order valence-electron chi connectivity index (χ1n) is 6.26. The summed E-state index contributed by atoms with van der Waals surface area (Å²) in [6, 6.07) is 0. The van der Waals surface area contributed by atoms with Crippen molar-refractivity contribution < 1.29 is 19.1 Å². The van der Waals surface area contributed by atoms with E-state index in [1.165, 1.54) is 12.2 Å². The number of hydrogen-bond acceptors (Lipinski definition) is 7. The number of hydroxylamine groups is 1. The quantitative estimate of drug-likeness (QED) is 0.341. The lowest BCUT2D eigenvalue weighted by Crippen LogP contribution is -2.30.